The number of halogens is 2. The Hall–Kier alpha value is -0.210. The number of hydrogen-bond donors (Lipinski definition) is 0. The molecule has 1 aromatic carbocycles. The van der Waals surface area contributed by atoms with Crippen LogP contribution in [0, 0.1) is 5.92 Å². The second kappa shape index (κ2) is 8.16. The van der Waals surface area contributed by atoms with Crippen molar-refractivity contribution in [3.8, 4) is 0 Å². The summed E-state index contributed by atoms with van der Waals surface area (Å²) in [4.78, 5) is 2.54. The minimum atomic E-state index is 0.552. The number of alkyl halides is 1. The average molecular weight is 347 g/mol. The number of anilines is 1. The highest BCUT2D eigenvalue weighted by Crippen LogP contribution is 2.28. The van der Waals surface area contributed by atoms with Crippen molar-refractivity contribution in [2.24, 2.45) is 5.92 Å². The van der Waals surface area contributed by atoms with E-state index in [9.17, 15) is 0 Å². The summed E-state index contributed by atoms with van der Waals surface area (Å²) in [6, 6.07) is 7.14. The predicted molar refractivity (Wildman–Crippen MR) is 90.3 cm³/mol. The Morgan fingerprint density at radius 1 is 1.21 bits per heavy atom. The maximum absolute atomic E-state index is 5.92. The SMILES string of the molecule is CCC(CC)N(CC(C)C)c1ccc(CCl)c(Br)c1. The van der Waals surface area contributed by atoms with Crippen molar-refractivity contribution in [3.63, 3.8) is 0 Å². The largest absolute Gasteiger partial charge is 0.368 e. The summed E-state index contributed by atoms with van der Waals surface area (Å²) in [5.74, 6) is 1.21. The van der Waals surface area contributed by atoms with Gasteiger partial charge >= 0.3 is 0 Å². The first-order valence-electron chi connectivity index (χ1n) is 7.14. The summed E-state index contributed by atoms with van der Waals surface area (Å²) < 4.78 is 1.11. The van der Waals surface area contributed by atoms with Crippen LogP contribution in [0.2, 0.25) is 0 Å². The van der Waals surface area contributed by atoms with E-state index in [1.165, 1.54) is 18.5 Å². The lowest BCUT2D eigenvalue weighted by atomic mass is 10.1. The molecule has 0 aliphatic heterocycles. The minimum absolute atomic E-state index is 0.552. The van der Waals surface area contributed by atoms with Gasteiger partial charge in [0, 0.05) is 28.6 Å². The van der Waals surface area contributed by atoms with Crippen molar-refractivity contribution < 1.29 is 0 Å². The van der Waals surface area contributed by atoms with Gasteiger partial charge in [-0.3, -0.25) is 0 Å². The van der Waals surface area contributed by atoms with Crippen molar-refractivity contribution in [1.82, 2.24) is 0 Å². The Morgan fingerprint density at radius 3 is 2.26 bits per heavy atom. The molecule has 0 heterocycles. The molecule has 0 saturated carbocycles. The number of hydrogen-bond acceptors (Lipinski definition) is 1. The molecule has 0 N–H and O–H groups in total. The normalized spacial score (nSPS) is 11.4. The molecule has 0 fully saturated rings. The standard InChI is InChI=1S/C16H25BrClN/c1-5-14(6-2)19(11-12(3)4)15-8-7-13(10-18)16(17)9-15/h7-9,12,14H,5-6,10-11H2,1-4H3. The molecule has 19 heavy (non-hydrogen) atoms. The van der Waals surface area contributed by atoms with Crippen LogP contribution in [0.3, 0.4) is 0 Å². The average Bonchev–Trinajstić information content (AvgIpc) is 2.38. The van der Waals surface area contributed by atoms with E-state index >= 15 is 0 Å². The molecule has 1 aromatic rings. The number of nitrogens with zero attached hydrogens (tertiary/aromatic N) is 1. The second-order valence-electron chi connectivity index (χ2n) is 5.43. The van der Waals surface area contributed by atoms with Gasteiger partial charge in [0.05, 0.1) is 0 Å². The van der Waals surface area contributed by atoms with Crippen LogP contribution in [0.25, 0.3) is 0 Å². The molecule has 0 radical (unpaired) electrons. The molecule has 0 aliphatic rings. The monoisotopic (exact) mass is 345 g/mol. The molecule has 0 aromatic heterocycles. The Labute approximate surface area is 131 Å². The van der Waals surface area contributed by atoms with Crippen LogP contribution in [0.4, 0.5) is 5.69 Å². The van der Waals surface area contributed by atoms with Gasteiger partial charge in [-0.25, -0.2) is 0 Å². The van der Waals surface area contributed by atoms with Crippen LogP contribution in [0.1, 0.15) is 46.1 Å². The van der Waals surface area contributed by atoms with Crippen LogP contribution < -0.4 is 4.90 Å². The quantitative estimate of drug-likeness (QED) is 0.561. The summed E-state index contributed by atoms with van der Waals surface area (Å²) in [6.45, 7) is 10.2. The summed E-state index contributed by atoms with van der Waals surface area (Å²) in [7, 11) is 0. The van der Waals surface area contributed by atoms with E-state index in [1.807, 2.05) is 0 Å². The van der Waals surface area contributed by atoms with E-state index < -0.39 is 0 Å². The zero-order valence-corrected chi connectivity index (χ0v) is 14.8. The summed E-state index contributed by atoms with van der Waals surface area (Å²) >= 11 is 9.55. The van der Waals surface area contributed by atoms with Gasteiger partial charge in [-0.2, -0.15) is 0 Å². The van der Waals surface area contributed by atoms with Crippen LogP contribution >= 0.6 is 27.5 Å². The summed E-state index contributed by atoms with van der Waals surface area (Å²) in [5.41, 5.74) is 2.45. The Morgan fingerprint density at radius 2 is 1.84 bits per heavy atom. The summed E-state index contributed by atoms with van der Waals surface area (Å²) in [5, 5.41) is 0. The molecule has 0 aliphatic carbocycles. The van der Waals surface area contributed by atoms with Crippen molar-refractivity contribution in [2.45, 2.75) is 52.5 Å². The molecular weight excluding hydrogens is 322 g/mol. The zero-order valence-electron chi connectivity index (χ0n) is 12.4. The highest BCUT2D eigenvalue weighted by molar-refractivity contribution is 9.10. The van der Waals surface area contributed by atoms with E-state index in [0.717, 1.165) is 16.6 Å². The van der Waals surface area contributed by atoms with E-state index in [0.29, 0.717) is 17.8 Å². The first kappa shape index (κ1) is 16.8. The van der Waals surface area contributed by atoms with E-state index in [4.69, 9.17) is 11.6 Å². The van der Waals surface area contributed by atoms with Gasteiger partial charge in [-0.1, -0.05) is 49.7 Å². The Kier molecular flexibility index (Phi) is 7.23. The third kappa shape index (κ3) is 4.68. The van der Waals surface area contributed by atoms with Crippen molar-refractivity contribution in [3.05, 3.63) is 28.2 Å². The van der Waals surface area contributed by atoms with Gasteiger partial charge < -0.3 is 4.90 Å². The van der Waals surface area contributed by atoms with Crippen molar-refractivity contribution in [1.29, 1.82) is 0 Å². The van der Waals surface area contributed by atoms with Gasteiger partial charge in [0.1, 0.15) is 0 Å². The molecule has 0 bridgehead atoms. The first-order valence-corrected chi connectivity index (χ1v) is 8.47. The predicted octanol–water partition coefficient (Wildman–Crippen LogP) is 5.84. The van der Waals surface area contributed by atoms with Gasteiger partial charge in [0.2, 0.25) is 0 Å². The molecule has 0 spiro atoms. The maximum atomic E-state index is 5.92. The zero-order chi connectivity index (χ0) is 14.4. The lowest BCUT2D eigenvalue weighted by Crippen LogP contribution is -2.37. The molecule has 0 atom stereocenters. The van der Waals surface area contributed by atoms with E-state index in [1.54, 1.807) is 0 Å². The molecule has 3 heteroatoms. The number of rotatable bonds is 7. The van der Waals surface area contributed by atoms with Crippen molar-refractivity contribution >= 4 is 33.2 Å². The van der Waals surface area contributed by atoms with Gasteiger partial charge in [0.25, 0.3) is 0 Å². The fourth-order valence-corrected chi connectivity index (χ4v) is 3.31. The van der Waals surface area contributed by atoms with Gasteiger partial charge in [-0.15, -0.1) is 11.6 Å². The van der Waals surface area contributed by atoms with Gasteiger partial charge in [0.15, 0.2) is 0 Å². The summed E-state index contributed by atoms with van der Waals surface area (Å²) in [6.07, 6.45) is 2.36. The molecule has 1 nitrogen and oxygen atoms in total. The van der Waals surface area contributed by atoms with E-state index in [-0.39, 0.29) is 0 Å². The first-order chi connectivity index (χ1) is 9.03. The highest BCUT2D eigenvalue weighted by atomic mass is 79.9. The Balaban J connectivity index is 3.05. The molecular formula is C16H25BrClN. The topological polar surface area (TPSA) is 3.24 Å². The molecule has 0 unspecified atom stereocenters. The lowest BCUT2D eigenvalue weighted by molar-refractivity contribution is 0.507. The lowest BCUT2D eigenvalue weighted by Gasteiger charge is -2.34. The van der Waals surface area contributed by atoms with Crippen LogP contribution in [0.5, 0.6) is 0 Å². The van der Waals surface area contributed by atoms with Crippen LogP contribution in [-0.4, -0.2) is 12.6 Å². The second-order valence-corrected chi connectivity index (χ2v) is 6.55. The molecule has 108 valence electrons. The fraction of sp³-hybridized carbons (Fsp3) is 0.625. The number of benzene rings is 1. The van der Waals surface area contributed by atoms with Crippen molar-refractivity contribution in [2.75, 3.05) is 11.4 Å². The van der Waals surface area contributed by atoms with Crippen LogP contribution in [0.15, 0.2) is 22.7 Å². The smallest absolute Gasteiger partial charge is 0.0485 e. The van der Waals surface area contributed by atoms with E-state index in [2.05, 4.69) is 66.7 Å². The minimum Gasteiger partial charge on any atom is -0.368 e. The molecule has 0 amide bonds. The fourth-order valence-electron chi connectivity index (χ4n) is 2.41. The Bertz CT molecular complexity index is 388. The van der Waals surface area contributed by atoms with Crippen LogP contribution in [-0.2, 0) is 5.88 Å². The molecule has 1 rings (SSSR count). The maximum Gasteiger partial charge on any atom is 0.0485 e. The third-order valence-electron chi connectivity index (χ3n) is 3.46. The molecule has 0 saturated heterocycles. The third-order valence-corrected chi connectivity index (χ3v) is 4.48. The highest BCUT2D eigenvalue weighted by Gasteiger charge is 2.17. The van der Waals surface area contributed by atoms with Gasteiger partial charge in [-0.05, 0) is 36.5 Å².